The number of imidazole rings is 1. The number of hydrogen-bond acceptors (Lipinski definition) is 4. The highest BCUT2D eigenvalue weighted by atomic mass is 32.2. The van der Waals surface area contributed by atoms with E-state index in [4.69, 9.17) is 0 Å². The third-order valence-corrected chi connectivity index (χ3v) is 4.46. The highest BCUT2D eigenvalue weighted by Crippen LogP contribution is 2.19. The monoisotopic (exact) mass is 338 g/mol. The van der Waals surface area contributed by atoms with Gasteiger partial charge < -0.3 is 9.88 Å². The molecule has 122 valence electrons. The van der Waals surface area contributed by atoms with Gasteiger partial charge in [-0.25, -0.2) is 9.97 Å². The number of carbonyl (C=O) groups excluding carboxylic acids is 1. The van der Waals surface area contributed by atoms with Gasteiger partial charge in [-0.05, 0) is 43.0 Å². The molecule has 3 rings (SSSR count). The SMILES string of the molecule is CSc1ncccc1C(=O)NC(C)c1ccc(-n2ccnc2)cc1. The molecule has 1 unspecified atom stereocenters. The van der Waals surface area contributed by atoms with Gasteiger partial charge in [0.1, 0.15) is 5.03 Å². The molecular formula is C18H18N4OS. The van der Waals surface area contributed by atoms with Crippen molar-refractivity contribution in [1.82, 2.24) is 19.9 Å². The minimum absolute atomic E-state index is 0.0933. The van der Waals surface area contributed by atoms with Gasteiger partial charge in [-0.2, -0.15) is 0 Å². The lowest BCUT2D eigenvalue weighted by atomic mass is 10.1. The van der Waals surface area contributed by atoms with Gasteiger partial charge in [0, 0.05) is 24.3 Å². The number of amides is 1. The molecule has 2 heterocycles. The maximum Gasteiger partial charge on any atom is 0.254 e. The number of rotatable bonds is 5. The summed E-state index contributed by atoms with van der Waals surface area (Å²) in [6, 6.07) is 11.5. The first-order valence-corrected chi connectivity index (χ1v) is 8.79. The quantitative estimate of drug-likeness (QED) is 0.724. The molecule has 1 atom stereocenters. The first-order valence-electron chi connectivity index (χ1n) is 7.57. The summed E-state index contributed by atoms with van der Waals surface area (Å²) in [5.74, 6) is -0.112. The predicted molar refractivity (Wildman–Crippen MR) is 95.5 cm³/mol. The first-order chi connectivity index (χ1) is 11.7. The molecular weight excluding hydrogens is 320 g/mol. The van der Waals surface area contributed by atoms with Gasteiger partial charge in [-0.1, -0.05) is 12.1 Å². The van der Waals surface area contributed by atoms with Crippen LogP contribution in [0.4, 0.5) is 0 Å². The van der Waals surface area contributed by atoms with Crippen molar-refractivity contribution in [2.24, 2.45) is 0 Å². The van der Waals surface area contributed by atoms with E-state index in [1.54, 1.807) is 30.9 Å². The molecule has 0 aliphatic rings. The van der Waals surface area contributed by atoms with Crippen molar-refractivity contribution >= 4 is 17.7 Å². The normalized spacial score (nSPS) is 11.9. The lowest BCUT2D eigenvalue weighted by Crippen LogP contribution is -2.27. The molecule has 0 aliphatic heterocycles. The first kappa shape index (κ1) is 16.3. The summed E-state index contributed by atoms with van der Waals surface area (Å²) in [7, 11) is 0. The number of pyridine rings is 1. The minimum atomic E-state index is -0.112. The van der Waals surface area contributed by atoms with Crippen molar-refractivity contribution in [3.8, 4) is 5.69 Å². The van der Waals surface area contributed by atoms with Crippen LogP contribution in [0.5, 0.6) is 0 Å². The van der Waals surface area contributed by atoms with Crippen LogP contribution in [0, 0.1) is 0 Å². The molecule has 6 heteroatoms. The van der Waals surface area contributed by atoms with E-state index in [0.717, 1.165) is 16.3 Å². The smallest absolute Gasteiger partial charge is 0.254 e. The Hall–Kier alpha value is -2.60. The van der Waals surface area contributed by atoms with Gasteiger partial charge in [0.2, 0.25) is 0 Å². The molecule has 0 spiro atoms. The summed E-state index contributed by atoms with van der Waals surface area (Å²) in [6.07, 6.45) is 9.01. The predicted octanol–water partition coefficient (Wildman–Crippen LogP) is 3.48. The summed E-state index contributed by atoms with van der Waals surface area (Å²) in [5, 5.41) is 3.76. The van der Waals surface area contributed by atoms with E-state index in [9.17, 15) is 4.79 Å². The van der Waals surface area contributed by atoms with Gasteiger partial charge in [-0.15, -0.1) is 11.8 Å². The maximum atomic E-state index is 12.5. The fraction of sp³-hybridized carbons (Fsp3) is 0.167. The molecule has 0 saturated heterocycles. The van der Waals surface area contributed by atoms with Crippen LogP contribution in [0.15, 0.2) is 66.3 Å². The standard InChI is InChI=1S/C18H18N4OS/c1-13(21-17(23)16-4-3-9-20-18(16)24-2)14-5-7-15(8-6-14)22-11-10-19-12-22/h3-13H,1-2H3,(H,21,23). The van der Waals surface area contributed by atoms with E-state index in [-0.39, 0.29) is 11.9 Å². The molecule has 2 aromatic heterocycles. The van der Waals surface area contributed by atoms with Crippen molar-refractivity contribution < 1.29 is 4.79 Å². The molecule has 24 heavy (non-hydrogen) atoms. The molecule has 5 nitrogen and oxygen atoms in total. The van der Waals surface area contributed by atoms with E-state index in [0.29, 0.717) is 5.56 Å². The zero-order valence-corrected chi connectivity index (χ0v) is 14.3. The lowest BCUT2D eigenvalue weighted by molar-refractivity contribution is 0.0936. The van der Waals surface area contributed by atoms with Crippen molar-refractivity contribution in [2.45, 2.75) is 18.0 Å². The van der Waals surface area contributed by atoms with Crippen LogP contribution in [-0.4, -0.2) is 26.7 Å². The average Bonchev–Trinajstić information content (AvgIpc) is 3.16. The molecule has 1 amide bonds. The van der Waals surface area contributed by atoms with Crippen LogP contribution in [-0.2, 0) is 0 Å². The maximum absolute atomic E-state index is 12.5. The van der Waals surface area contributed by atoms with E-state index in [1.165, 1.54) is 11.8 Å². The topological polar surface area (TPSA) is 59.8 Å². The van der Waals surface area contributed by atoms with Crippen LogP contribution < -0.4 is 5.32 Å². The average molecular weight is 338 g/mol. The third kappa shape index (κ3) is 3.49. The number of hydrogen-bond donors (Lipinski definition) is 1. The Bertz CT molecular complexity index is 815. The zero-order chi connectivity index (χ0) is 16.9. The van der Waals surface area contributed by atoms with Gasteiger partial charge in [0.05, 0.1) is 17.9 Å². The van der Waals surface area contributed by atoms with Crippen LogP contribution in [0.2, 0.25) is 0 Å². The third-order valence-electron chi connectivity index (χ3n) is 3.75. The Morgan fingerprint density at radius 1 is 1.21 bits per heavy atom. The molecule has 0 bridgehead atoms. The highest BCUT2D eigenvalue weighted by molar-refractivity contribution is 7.98. The zero-order valence-electron chi connectivity index (χ0n) is 13.5. The van der Waals surface area contributed by atoms with Crippen molar-refractivity contribution in [2.75, 3.05) is 6.26 Å². The van der Waals surface area contributed by atoms with Crippen molar-refractivity contribution in [1.29, 1.82) is 0 Å². The Kier molecular flexibility index (Phi) is 4.96. The molecule has 0 radical (unpaired) electrons. The van der Waals surface area contributed by atoms with Crippen molar-refractivity contribution in [3.05, 3.63) is 72.4 Å². The second-order valence-corrected chi connectivity index (χ2v) is 6.11. The fourth-order valence-corrected chi connectivity index (χ4v) is 2.98. The molecule has 0 fully saturated rings. The minimum Gasteiger partial charge on any atom is -0.345 e. The molecule has 0 aliphatic carbocycles. The van der Waals surface area contributed by atoms with E-state index in [1.807, 2.05) is 48.2 Å². The molecule has 1 N–H and O–H groups in total. The van der Waals surface area contributed by atoms with Gasteiger partial charge >= 0.3 is 0 Å². The number of nitrogens with one attached hydrogen (secondary N) is 1. The summed E-state index contributed by atoms with van der Waals surface area (Å²) in [6.45, 7) is 1.97. The Labute approximate surface area is 145 Å². The van der Waals surface area contributed by atoms with Gasteiger partial charge in [0.15, 0.2) is 0 Å². The van der Waals surface area contributed by atoms with Crippen LogP contribution in [0.25, 0.3) is 5.69 Å². The Morgan fingerprint density at radius 3 is 2.67 bits per heavy atom. The van der Waals surface area contributed by atoms with E-state index >= 15 is 0 Å². The summed E-state index contributed by atoms with van der Waals surface area (Å²) in [5.41, 5.74) is 2.68. The van der Waals surface area contributed by atoms with E-state index in [2.05, 4.69) is 15.3 Å². The number of aromatic nitrogens is 3. The Morgan fingerprint density at radius 2 is 2.00 bits per heavy atom. The van der Waals surface area contributed by atoms with Crippen LogP contribution in [0.1, 0.15) is 28.9 Å². The summed E-state index contributed by atoms with van der Waals surface area (Å²) < 4.78 is 1.94. The second kappa shape index (κ2) is 7.31. The number of benzene rings is 1. The van der Waals surface area contributed by atoms with E-state index < -0.39 is 0 Å². The van der Waals surface area contributed by atoms with Crippen LogP contribution >= 0.6 is 11.8 Å². The Balaban J connectivity index is 1.72. The molecule has 0 saturated carbocycles. The fourth-order valence-electron chi connectivity index (χ4n) is 2.43. The van der Waals surface area contributed by atoms with Crippen LogP contribution in [0.3, 0.4) is 0 Å². The van der Waals surface area contributed by atoms with Gasteiger partial charge in [0.25, 0.3) is 5.91 Å². The molecule has 3 aromatic rings. The summed E-state index contributed by atoms with van der Waals surface area (Å²) in [4.78, 5) is 20.8. The van der Waals surface area contributed by atoms with Crippen molar-refractivity contribution in [3.63, 3.8) is 0 Å². The largest absolute Gasteiger partial charge is 0.345 e. The second-order valence-electron chi connectivity index (χ2n) is 5.32. The lowest BCUT2D eigenvalue weighted by Gasteiger charge is -2.16. The number of thioether (sulfide) groups is 1. The van der Waals surface area contributed by atoms with Gasteiger partial charge in [-0.3, -0.25) is 4.79 Å². The molecule has 1 aromatic carbocycles. The number of carbonyl (C=O) groups is 1. The number of nitrogens with zero attached hydrogens (tertiary/aromatic N) is 3. The highest BCUT2D eigenvalue weighted by Gasteiger charge is 2.15. The summed E-state index contributed by atoms with van der Waals surface area (Å²) >= 11 is 1.47.